The maximum Gasteiger partial charge on any atom is 0.185 e. The summed E-state index contributed by atoms with van der Waals surface area (Å²) in [6.45, 7) is 3.24. The Labute approximate surface area is 113 Å². The van der Waals surface area contributed by atoms with Crippen molar-refractivity contribution < 1.29 is 18.0 Å². The highest BCUT2D eigenvalue weighted by Gasteiger charge is 2.17. The Morgan fingerprint density at radius 2 is 1.68 bits per heavy atom. The van der Waals surface area contributed by atoms with Crippen LogP contribution < -0.4 is 0 Å². The van der Waals surface area contributed by atoms with Gasteiger partial charge in [0.15, 0.2) is 15.6 Å². The number of hydrogen-bond acceptors (Lipinski definition) is 4. The molecule has 0 amide bonds. The van der Waals surface area contributed by atoms with Crippen LogP contribution in [0, 0.1) is 0 Å². The van der Waals surface area contributed by atoms with E-state index in [9.17, 15) is 18.0 Å². The average Bonchev–Trinajstić information content (AvgIpc) is 2.34. The van der Waals surface area contributed by atoms with Gasteiger partial charge in [-0.15, -0.1) is 0 Å². The number of hydrogen-bond donors (Lipinski definition) is 0. The quantitative estimate of drug-likeness (QED) is 0.720. The minimum absolute atomic E-state index is 0.0114. The van der Waals surface area contributed by atoms with Gasteiger partial charge in [-0.3, -0.25) is 9.59 Å². The summed E-state index contributed by atoms with van der Waals surface area (Å²) in [4.78, 5) is 22.7. The molecule has 0 aromatic heterocycles. The van der Waals surface area contributed by atoms with Crippen molar-refractivity contribution in [1.29, 1.82) is 0 Å². The lowest BCUT2D eigenvalue weighted by atomic mass is 10.1. The summed E-state index contributed by atoms with van der Waals surface area (Å²) in [6.07, 6.45) is 2.23. The van der Waals surface area contributed by atoms with Crippen LogP contribution in [0.3, 0.4) is 0 Å². The van der Waals surface area contributed by atoms with Gasteiger partial charge in [0, 0.05) is 12.0 Å². The molecule has 0 unspecified atom stereocenters. The fraction of sp³-hybridized carbons (Fsp3) is 0.429. The van der Waals surface area contributed by atoms with Gasteiger partial charge in [-0.05, 0) is 25.5 Å². The van der Waals surface area contributed by atoms with Crippen LogP contribution in [0.25, 0.3) is 0 Å². The number of Topliss-reactive ketones (excluding diaryl/α,β-unsaturated/α-hetero) is 2. The molecule has 0 radical (unpaired) electrons. The van der Waals surface area contributed by atoms with E-state index in [1.54, 1.807) is 0 Å². The molecule has 1 aromatic carbocycles. The molecule has 0 fully saturated rings. The van der Waals surface area contributed by atoms with Crippen molar-refractivity contribution in [1.82, 2.24) is 0 Å². The predicted octanol–water partition coefficient (Wildman–Crippen LogP) is 2.42. The Hall–Kier alpha value is -1.49. The Morgan fingerprint density at radius 3 is 2.16 bits per heavy atom. The second kappa shape index (κ2) is 6.61. The maximum atomic E-state index is 11.8. The van der Waals surface area contributed by atoms with E-state index in [-0.39, 0.29) is 10.7 Å². The molecule has 0 aliphatic rings. The van der Waals surface area contributed by atoms with E-state index in [2.05, 4.69) is 0 Å². The second-order valence-electron chi connectivity index (χ2n) is 4.51. The summed E-state index contributed by atoms with van der Waals surface area (Å²) in [5.74, 6) is -0.892. The summed E-state index contributed by atoms with van der Waals surface area (Å²) < 4.78 is 23.6. The number of carbonyl (C=O) groups is 2. The molecule has 0 aliphatic carbocycles. The average molecular weight is 282 g/mol. The van der Waals surface area contributed by atoms with Gasteiger partial charge in [0.05, 0.1) is 4.90 Å². The highest BCUT2D eigenvalue weighted by atomic mass is 32.2. The van der Waals surface area contributed by atoms with Crippen LogP contribution in [0.5, 0.6) is 0 Å². The molecular formula is C14H18O4S. The second-order valence-corrected chi connectivity index (χ2v) is 6.50. The fourth-order valence-corrected chi connectivity index (χ4v) is 2.93. The van der Waals surface area contributed by atoms with Gasteiger partial charge in [-0.25, -0.2) is 8.42 Å². The molecule has 0 N–H and O–H groups in total. The third-order valence-corrected chi connectivity index (χ3v) is 4.46. The molecule has 5 heteroatoms. The van der Waals surface area contributed by atoms with E-state index >= 15 is 0 Å². The zero-order valence-corrected chi connectivity index (χ0v) is 12.0. The van der Waals surface area contributed by atoms with Crippen LogP contribution in [0.1, 0.15) is 43.5 Å². The van der Waals surface area contributed by atoms with E-state index in [4.69, 9.17) is 0 Å². The van der Waals surface area contributed by atoms with Gasteiger partial charge in [-0.2, -0.15) is 0 Å². The summed E-state index contributed by atoms with van der Waals surface area (Å²) in [5, 5.41) is 0. The molecule has 1 aromatic rings. The fourth-order valence-electron chi connectivity index (χ4n) is 1.68. The molecule has 0 spiro atoms. The Kier molecular flexibility index (Phi) is 5.42. The van der Waals surface area contributed by atoms with Crippen LogP contribution >= 0.6 is 0 Å². The van der Waals surface area contributed by atoms with Crippen LogP contribution in [-0.4, -0.2) is 25.7 Å². The molecule has 104 valence electrons. The van der Waals surface area contributed by atoms with Crippen LogP contribution in [0.15, 0.2) is 29.2 Å². The monoisotopic (exact) mass is 282 g/mol. The molecule has 19 heavy (non-hydrogen) atoms. The van der Waals surface area contributed by atoms with Gasteiger partial charge in [0.2, 0.25) is 0 Å². The van der Waals surface area contributed by atoms with Gasteiger partial charge in [-0.1, -0.05) is 25.5 Å². The smallest absolute Gasteiger partial charge is 0.185 e. The summed E-state index contributed by atoms with van der Waals surface area (Å²) in [5.41, 5.74) is 0.509. The van der Waals surface area contributed by atoms with E-state index in [1.165, 1.54) is 31.2 Å². The number of ketones is 2. The number of rotatable bonds is 7. The van der Waals surface area contributed by atoms with Gasteiger partial charge >= 0.3 is 0 Å². The largest absolute Gasteiger partial charge is 0.299 e. The molecule has 0 saturated heterocycles. The summed E-state index contributed by atoms with van der Waals surface area (Å²) in [6, 6.07) is 5.78. The lowest BCUT2D eigenvalue weighted by Gasteiger charge is -2.04. The number of benzene rings is 1. The van der Waals surface area contributed by atoms with E-state index in [1.807, 2.05) is 6.92 Å². The van der Waals surface area contributed by atoms with Gasteiger partial charge in [0.1, 0.15) is 11.5 Å². The van der Waals surface area contributed by atoms with Crippen LogP contribution in [-0.2, 0) is 14.6 Å². The first-order valence-electron chi connectivity index (χ1n) is 6.22. The molecular weight excluding hydrogens is 264 g/mol. The van der Waals surface area contributed by atoms with Gasteiger partial charge in [0.25, 0.3) is 0 Å². The first kappa shape index (κ1) is 15.6. The summed E-state index contributed by atoms with van der Waals surface area (Å²) in [7, 11) is -3.58. The minimum atomic E-state index is -3.58. The van der Waals surface area contributed by atoms with E-state index < -0.39 is 21.4 Å². The highest BCUT2D eigenvalue weighted by molar-refractivity contribution is 7.92. The topological polar surface area (TPSA) is 68.3 Å². The lowest BCUT2D eigenvalue weighted by molar-refractivity contribution is -0.114. The van der Waals surface area contributed by atoms with Crippen LogP contribution in [0.4, 0.5) is 0 Å². The SMILES string of the molecule is CCCCC(=O)c1ccc(S(=O)(=O)CC(C)=O)cc1. The van der Waals surface area contributed by atoms with E-state index in [0.717, 1.165) is 12.8 Å². The predicted molar refractivity (Wildman–Crippen MR) is 73.0 cm³/mol. The van der Waals surface area contributed by atoms with Crippen molar-refractivity contribution >= 4 is 21.4 Å². The molecule has 0 heterocycles. The normalized spacial score (nSPS) is 11.3. The number of sulfone groups is 1. The summed E-state index contributed by atoms with van der Waals surface area (Å²) >= 11 is 0. The van der Waals surface area contributed by atoms with Crippen molar-refractivity contribution in [3.05, 3.63) is 29.8 Å². The van der Waals surface area contributed by atoms with Crippen molar-refractivity contribution in [3.63, 3.8) is 0 Å². The Bertz CT molecular complexity index is 556. The third kappa shape index (κ3) is 4.59. The Balaban J connectivity index is 2.87. The number of unbranched alkanes of at least 4 members (excludes halogenated alkanes) is 1. The standard InChI is InChI=1S/C14H18O4S/c1-3-4-5-14(16)12-6-8-13(9-7-12)19(17,18)10-11(2)15/h6-9H,3-5,10H2,1-2H3. The van der Waals surface area contributed by atoms with Crippen molar-refractivity contribution in [2.24, 2.45) is 0 Å². The molecule has 0 bridgehead atoms. The van der Waals surface area contributed by atoms with Crippen molar-refractivity contribution in [2.45, 2.75) is 38.0 Å². The third-order valence-electron chi connectivity index (χ3n) is 2.69. The van der Waals surface area contributed by atoms with Gasteiger partial charge < -0.3 is 0 Å². The maximum absolute atomic E-state index is 11.8. The molecule has 4 nitrogen and oxygen atoms in total. The molecule has 0 aliphatic heterocycles. The van der Waals surface area contributed by atoms with Crippen molar-refractivity contribution in [2.75, 3.05) is 5.75 Å². The first-order valence-corrected chi connectivity index (χ1v) is 7.87. The molecule has 0 atom stereocenters. The van der Waals surface area contributed by atoms with E-state index in [0.29, 0.717) is 12.0 Å². The zero-order valence-electron chi connectivity index (χ0n) is 11.2. The zero-order chi connectivity index (χ0) is 14.5. The van der Waals surface area contributed by atoms with Crippen molar-refractivity contribution in [3.8, 4) is 0 Å². The first-order chi connectivity index (χ1) is 8.86. The Morgan fingerprint density at radius 1 is 1.11 bits per heavy atom. The molecule has 1 rings (SSSR count). The minimum Gasteiger partial charge on any atom is -0.299 e. The van der Waals surface area contributed by atoms with Crippen LogP contribution in [0.2, 0.25) is 0 Å². The number of carbonyl (C=O) groups excluding carboxylic acids is 2. The highest BCUT2D eigenvalue weighted by Crippen LogP contribution is 2.14. The lowest BCUT2D eigenvalue weighted by Crippen LogP contribution is -2.13. The molecule has 0 saturated carbocycles.